The molecule has 3 amide bonds. The molecule has 5 heterocycles. The first-order valence-electron chi connectivity index (χ1n) is 15.4. The number of benzene rings is 1. The molecule has 232 valence electrons. The number of ether oxygens (including phenoxy) is 2. The first-order chi connectivity index (χ1) is 20.7. The normalized spacial score (nSPS) is 29.4. The highest BCUT2D eigenvalue weighted by Crippen LogP contribution is 2.31. The van der Waals surface area contributed by atoms with E-state index in [0.717, 1.165) is 24.0 Å². The molecular weight excluding hydrogens is 552 g/mol. The van der Waals surface area contributed by atoms with Crippen LogP contribution in [0.3, 0.4) is 0 Å². The number of likely N-dealkylation sites (tertiary alicyclic amines) is 2. The molecule has 3 N–H and O–H groups in total. The maximum absolute atomic E-state index is 13.7. The van der Waals surface area contributed by atoms with E-state index in [9.17, 15) is 19.5 Å². The maximum Gasteiger partial charge on any atom is 0.255 e. The zero-order chi connectivity index (χ0) is 30.1. The molecule has 4 aliphatic heterocycles. The number of carbonyl (C=O) groups excluding carboxylic acids is 3. The van der Waals surface area contributed by atoms with Crippen LogP contribution in [0.15, 0.2) is 30.6 Å². The van der Waals surface area contributed by atoms with Crippen molar-refractivity contribution in [3.63, 3.8) is 0 Å². The van der Waals surface area contributed by atoms with Crippen molar-refractivity contribution in [1.29, 1.82) is 0 Å². The van der Waals surface area contributed by atoms with Crippen molar-refractivity contribution in [2.24, 2.45) is 7.05 Å². The second-order valence-corrected chi connectivity index (χ2v) is 12.3. The fourth-order valence-electron chi connectivity index (χ4n) is 6.95. The van der Waals surface area contributed by atoms with Crippen molar-refractivity contribution in [3.8, 4) is 16.9 Å². The Hall–Kier alpha value is -3.48. The number of aromatic nitrogens is 2. The van der Waals surface area contributed by atoms with Gasteiger partial charge in [0.2, 0.25) is 11.8 Å². The highest BCUT2D eigenvalue weighted by atomic mass is 16.5. The Balaban J connectivity index is 1.27. The molecule has 0 spiro atoms. The van der Waals surface area contributed by atoms with Gasteiger partial charge in [-0.25, -0.2) is 0 Å². The number of aliphatic hydroxyl groups is 1. The van der Waals surface area contributed by atoms with Crippen LogP contribution in [0.2, 0.25) is 0 Å². The Morgan fingerprint density at radius 1 is 1.09 bits per heavy atom. The van der Waals surface area contributed by atoms with Gasteiger partial charge in [-0.15, -0.1) is 0 Å². The van der Waals surface area contributed by atoms with Gasteiger partial charge in [-0.2, -0.15) is 5.10 Å². The number of piperidine rings is 1. The summed E-state index contributed by atoms with van der Waals surface area (Å²) in [5, 5.41) is 21.2. The average molecular weight is 595 g/mol. The van der Waals surface area contributed by atoms with Crippen LogP contribution in [-0.4, -0.2) is 112 Å². The zero-order valence-corrected chi connectivity index (χ0v) is 24.9. The van der Waals surface area contributed by atoms with E-state index in [0.29, 0.717) is 63.2 Å². The summed E-state index contributed by atoms with van der Waals surface area (Å²) in [6.45, 7) is 3.98. The number of nitrogens with zero attached hydrogens (tertiary/aromatic N) is 4. The maximum atomic E-state index is 13.7. The summed E-state index contributed by atoms with van der Waals surface area (Å²) in [4.78, 5) is 43.3. The Bertz CT molecular complexity index is 1340. The molecular formula is C31H42N6O6. The molecule has 3 saturated heterocycles. The van der Waals surface area contributed by atoms with Gasteiger partial charge in [0.25, 0.3) is 5.91 Å². The van der Waals surface area contributed by atoms with Crippen molar-refractivity contribution < 1.29 is 29.0 Å². The Labute approximate surface area is 251 Å². The number of carbonyl (C=O) groups is 3. The van der Waals surface area contributed by atoms with Crippen LogP contribution in [0.1, 0.15) is 55.8 Å². The molecule has 5 atom stereocenters. The van der Waals surface area contributed by atoms with Gasteiger partial charge in [0.15, 0.2) is 0 Å². The second kappa shape index (κ2) is 12.6. The van der Waals surface area contributed by atoms with E-state index in [4.69, 9.17) is 9.47 Å². The average Bonchev–Trinajstić information content (AvgIpc) is 3.63. The molecule has 4 bridgehead atoms. The third-order valence-corrected chi connectivity index (χ3v) is 9.38. The monoisotopic (exact) mass is 594 g/mol. The molecule has 1 aromatic carbocycles. The van der Waals surface area contributed by atoms with E-state index < -0.39 is 18.2 Å². The van der Waals surface area contributed by atoms with E-state index in [-0.39, 0.29) is 42.5 Å². The summed E-state index contributed by atoms with van der Waals surface area (Å²) >= 11 is 0. The molecule has 4 aliphatic rings. The zero-order valence-electron chi connectivity index (χ0n) is 24.9. The molecule has 1 aromatic heterocycles. The van der Waals surface area contributed by atoms with Gasteiger partial charge in [-0.3, -0.25) is 24.0 Å². The van der Waals surface area contributed by atoms with Gasteiger partial charge in [0.1, 0.15) is 11.9 Å². The minimum atomic E-state index is -0.651. The molecule has 43 heavy (non-hydrogen) atoms. The summed E-state index contributed by atoms with van der Waals surface area (Å²) in [5.74, 6) is 0.183. The molecule has 12 heteroatoms. The summed E-state index contributed by atoms with van der Waals surface area (Å²) in [6, 6.07) is 5.00. The quantitative estimate of drug-likeness (QED) is 0.470. The van der Waals surface area contributed by atoms with Crippen molar-refractivity contribution >= 4 is 17.7 Å². The first-order valence-corrected chi connectivity index (χ1v) is 15.4. The van der Waals surface area contributed by atoms with E-state index in [2.05, 4.69) is 20.6 Å². The number of hydrogen-bond acceptors (Lipinski definition) is 8. The van der Waals surface area contributed by atoms with E-state index >= 15 is 0 Å². The third kappa shape index (κ3) is 6.56. The van der Waals surface area contributed by atoms with Crippen molar-refractivity contribution in [1.82, 2.24) is 30.2 Å². The van der Waals surface area contributed by atoms with Gasteiger partial charge in [0.05, 0.1) is 36.6 Å². The molecule has 6 rings (SSSR count). The number of aliphatic hydroxyl groups excluding tert-OH is 1. The third-order valence-electron chi connectivity index (χ3n) is 9.38. The van der Waals surface area contributed by atoms with Crippen molar-refractivity contribution in [2.75, 3.05) is 32.8 Å². The highest BCUT2D eigenvalue weighted by Gasteiger charge is 2.42. The van der Waals surface area contributed by atoms with E-state index in [1.54, 1.807) is 23.9 Å². The molecule has 0 saturated carbocycles. The fourth-order valence-corrected chi connectivity index (χ4v) is 6.95. The lowest BCUT2D eigenvalue weighted by atomic mass is 9.99. The summed E-state index contributed by atoms with van der Waals surface area (Å²) in [5.41, 5.74) is 2.25. The molecule has 3 fully saturated rings. The molecule has 12 nitrogen and oxygen atoms in total. The predicted molar refractivity (Wildman–Crippen MR) is 157 cm³/mol. The minimum absolute atomic E-state index is 0.0635. The van der Waals surface area contributed by atoms with Gasteiger partial charge in [0, 0.05) is 70.4 Å². The molecule has 2 aromatic rings. The van der Waals surface area contributed by atoms with Crippen LogP contribution in [0.4, 0.5) is 0 Å². The Kier molecular flexibility index (Phi) is 8.69. The van der Waals surface area contributed by atoms with Crippen LogP contribution < -0.4 is 15.4 Å². The molecule has 0 unspecified atom stereocenters. The van der Waals surface area contributed by atoms with Crippen molar-refractivity contribution in [2.45, 2.75) is 81.9 Å². The van der Waals surface area contributed by atoms with Gasteiger partial charge in [-0.05, 0) is 49.8 Å². The second-order valence-electron chi connectivity index (χ2n) is 12.3. The van der Waals surface area contributed by atoms with Gasteiger partial charge >= 0.3 is 0 Å². The number of fused-ring (bicyclic) bond motifs is 5. The lowest BCUT2D eigenvalue weighted by Gasteiger charge is -2.39. The molecule has 0 aliphatic carbocycles. The Morgan fingerprint density at radius 3 is 2.65 bits per heavy atom. The smallest absolute Gasteiger partial charge is 0.255 e. The van der Waals surface area contributed by atoms with E-state index in [1.165, 1.54) is 0 Å². The predicted octanol–water partition coefficient (Wildman–Crippen LogP) is 1.08. The van der Waals surface area contributed by atoms with Crippen LogP contribution >= 0.6 is 0 Å². The Morgan fingerprint density at radius 2 is 1.91 bits per heavy atom. The number of amides is 3. The number of aryl methyl sites for hydroxylation is 1. The lowest BCUT2D eigenvalue weighted by Crippen LogP contribution is -2.54. The minimum Gasteiger partial charge on any atom is -0.493 e. The lowest BCUT2D eigenvalue weighted by molar-refractivity contribution is -0.135. The highest BCUT2D eigenvalue weighted by molar-refractivity contribution is 5.98. The SMILES string of the molecule is CC(=O)N1CCC(N2C[C@@H]3C[C@H]2C(=O)NC[C@H]2O[C@H](CCOc4cc(-c5cnn(C)c5)ccc4C(=O)N3)CC[C@@H]2O)CC1. The number of rotatable bonds is 2. The van der Waals surface area contributed by atoms with Gasteiger partial charge < -0.3 is 30.1 Å². The number of nitrogens with one attached hydrogen (secondary N) is 2. The van der Waals surface area contributed by atoms with Crippen molar-refractivity contribution in [3.05, 3.63) is 36.2 Å². The molecule has 0 radical (unpaired) electrons. The van der Waals surface area contributed by atoms with Crippen LogP contribution in [0.25, 0.3) is 11.1 Å². The summed E-state index contributed by atoms with van der Waals surface area (Å²) in [7, 11) is 1.86. The van der Waals surface area contributed by atoms with Crippen LogP contribution in [0, 0.1) is 0 Å². The standard InChI is InChI=1S/C31H42N6O6/c1-19(38)36-10-7-23(8-11-36)37-18-22-14-26(37)31(41)32-16-29-27(39)6-4-24(43-29)9-12-42-28-13-20(21-15-33-35(2)17-21)3-5-25(28)30(40)34-22/h3,5,13,15,17,22-24,26-27,29,39H,4,6-12,14,16,18H2,1-2H3,(H,32,41)(H,34,40)/t22-,24-,26-,27-,29+/m0/s1. The van der Waals surface area contributed by atoms with Gasteiger partial charge in [-0.1, -0.05) is 6.07 Å². The van der Waals surface area contributed by atoms with Crippen LogP contribution in [-0.2, 0) is 21.4 Å². The number of hydrogen-bond donors (Lipinski definition) is 3. The first kappa shape index (κ1) is 29.6. The summed E-state index contributed by atoms with van der Waals surface area (Å²) in [6.07, 6.45) is 6.28. The fraction of sp³-hybridized carbons (Fsp3) is 0.613. The largest absolute Gasteiger partial charge is 0.493 e. The van der Waals surface area contributed by atoms with Crippen LogP contribution in [0.5, 0.6) is 5.75 Å². The van der Waals surface area contributed by atoms with E-state index in [1.807, 2.05) is 30.3 Å². The summed E-state index contributed by atoms with van der Waals surface area (Å²) < 4.78 is 14.2. The topological polar surface area (TPSA) is 138 Å².